The molecule has 1 aromatic rings. The third-order valence-electron chi connectivity index (χ3n) is 3.38. The molecule has 0 bridgehead atoms. The van der Waals surface area contributed by atoms with Crippen molar-refractivity contribution in [3.8, 4) is 0 Å². The van der Waals surface area contributed by atoms with Crippen molar-refractivity contribution in [3.05, 3.63) is 29.6 Å². The lowest BCUT2D eigenvalue weighted by Gasteiger charge is -2.27. The normalized spacial score (nSPS) is 16.9. The fourth-order valence-corrected chi connectivity index (χ4v) is 2.22. The molecule has 0 saturated heterocycles. The molecule has 0 radical (unpaired) electrons. The number of anilines is 1. The quantitative estimate of drug-likeness (QED) is 0.851. The lowest BCUT2D eigenvalue weighted by molar-refractivity contribution is 0.606. The number of rotatable bonds is 5. The largest absolute Gasteiger partial charge is 0.369 e. The van der Waals surface area contributed by atoms with Gasteiger partial charge in [0.2, 0.25) is 0 Å². The van der Waals surface area contributed by atoms with E-state index in [0.717, 1.165) is 24.6 Å². The van der Waals surface area contributed by atoms with Crippen LogP contribution in [0.4, 0.5) is 10.1 Å². The van der Waals surface area contributed by atoms with Gasteiger partial charge in [0.25, 0.3) is 0 Å². The first-order valence-corrected chi connectivity index (χ1v) is 6.42. The van der Waals surface area contributed by atoms with Gasteiger partial charge in [0.05, 0.1) is 5.69 Å². The minimum absolute atomic E-state index is 0.131. The molecule has 2 rings (SSSR count). The van der Waals surface area contributed by atoms with Gasteiger partial charge in [-0.1, -0.05) is 12.1 Å². The molecule has 1 aliphatic rings. The molecule has 3 heteroatoms. The summed E-state index contributed by atoms with van der Waals surface area (Å²) >= 11 is 0. The Balaban J connectivity index is 2.32. The fourth-order valence-electron chi connectivity index (χ4n) is 2.22. The summed E-state index contributed by atoms with van der Waals surface area (Å²) in [5.74, 6) is 0.595. The average Bonchev–Trinajstić information content (AvgIpc) is 3.10. The molecular formula is C14H21FN2. The summed E-state index contributed by atoms with van der Waals surface area (Å²) < 4.78 is 14.0. The Bertz CT molecular complexity index is 386. The van der Waals surface area contributed by atoms with Crippen molar-refractivity contribution < 1.29 is 4.39 Å². The lowest BCUT2D eigenvalue weighted by Crippen LogP contribution is -2.28. The van der Waals surface area contributed by atoms with Crippen molar-refractivity contribution in [1.82, 2.24) is 0 Å². The Hall–Kier alpha value is -1.09. The third-order valence-corrected chi connectivity index (χ3v) is 3.38. The van der Waals surface area contributed by atoms with Crippen LogP contribution in [0.2, 0.25) is 0 Å². The standard InChI is InChI=1S/C14H21FN2/c1-3-17(9-11-7-8-11)14-12(10(2)16)5-4-6-13(14)15/h4-6,10-11H,3,7-9,16H2,1-2H3. The monoisotopic (exact) mass is 236 g/mol. The van der Waals surface area contributed by atoms with Gasteiger partial charge in [-0.3, -0.25) is 0 Å². The summed E-state index contributed by atoms with van der Waals surface area (Å²) in [4.78, 5) is 2.13. The van der Waals surface area contributed by atoms with Crippen LogP contribution in [0.1, 0.15) is 38.3 Å². The van der Waals surface area contributed by atoms with Crippen LogP contribution in [0.25, 0.3) is 0 Å². The molecule has 0 spiro atoms. The third kappa shape index (κ3) is 2.78. The number of para-hydroxylation sites is 1. The van der Waals surface area contributed by atoms with Gasteiger partial charge in [0, 0.05) is 19.1 Å². The molecule has 1 unspecified atom stereocenters. The van der Waals surface area contributed by atoms with Crippen molar-refractivity contribution in [1.29, 1.82) is 0 Å². The maximum atomic E-state index is 14.0. The Morgan fingerprint density at radius 1 is 1.47 bits per heavy atom. The molecule has 2 N–H and O–H groups in total. The highest BCUT2D eigenvalue weighted by atomic mass is 19.1. The van der Waals surface area contributed by atoms with Crippen LogP contribution < -0.4 is 10.6 Å². The zero-order chi connectivity index (χ0) is 12.4. The predicted octanol–water partition coefficient (Wildman–Crippen LogP) is 3.08. The molecule has 1 fully saturated rings. The molecule has 1 saturated carbocycles. The molecule has 94 valence electrons. The van der Waals surface area contributed by atoms with E-state index in [4.69, 9.17) is 5.73 Å². The molecular weight excluding hydrogens is 215 g/mol. The molecule has 17 heavy (non-hydrogen) atoms. The van der Waals surface area contributed by atoms with Gasteiger partial charge < -0.3 is 10.6 Å². The number of hydrogen-bond acceptors (Lipinski definition) is 2. The molecule has 0 heterocycles. The van der Waals surface area contributed by atoms with Gasteiger partial charge in [0.15, 0.2) is 0 Å². The van der Waals surface area contributed by atoms with E-state index in [1.165, 1.54) is 18.9 Å². The van der Waals surface area contributed by atoms with E-state index in [0.29, 0.717) is 5.69 Å². The first-order chi connectivity index (χ1) is 8.13. The van der Waals surface area contributed by atoms with E-state index in [2.05, 4.69) is 11.8 Å². The summed E-state index contributed by atoms with van der Waals surface area (Å²) in [6, 6.07) is 5.06. The highest BCUT2D eigenvalue weighted by Gasteiger charge is 2.26. The summed E-state index contributed by atoms with van der Waals surface area (Å²) in [5, 5.41) is 0. The van der Waals surface area contributed by atoms with Crippen molar-refractivity contribution in [3.63, 3.8) is 0 Å². The van der Waals surface area contributed by atoms with E-state index in [-0.39, 0.29) is 11.9 Å². The molecule has 2 nitrogen and oxygen atoms in total. The first-order valence-electron chi connectivity index (χ1n) is 6.42. The van der Waals surface area contributed by atoms with E-state index in [1.54, 1.807) is 6.07 Å². The SMILES string of the molecule is CCN(CC1CC1)c1c(F)cccc1C(C)N. The Morgan fingerprint density at radius 3 is 2.71 bits per heavy atom. The molecule has 0 amide bonds. The summed E-state index contributed by atoms with van der Waals surface area (Å²) in [5.41, 5.74) is 7.54. The fraction of sp³-hybridized carbons (Fsp3) is 0.571. The van der Waals surface area contributed by atoms with Crippen molar-refractivity contribution in [2.75, 3.05) is 18.0 Å². The van der Waals surface area contributed by atoms with Crippen LogP contribution in [-0.2, 0) is 0 Å². The number of hydrogen-bond donors (Lipinski definition) is 1. The van der Waals surface area contributed by atoms with Gasteiger partial charge >= 0.3 is 0 Å². The van der Waals surface area contributed by atoms with Crippen LogP contribution in [0.15, 0.2) is 18.2 Å². The van der Waals surface area contributed by atoms with Gasteiger partial charge in [-0.25, -0.2) is 4.39 Å². The summed E-state index contributed by atoms with van der Waals surface area (Å²) in [6.07, 6.45) is 2.55. The molecule has 0 aromatic heterocycles. The number of benzene rings is 1. The molecule has 1 atom stereocenters. The Labute approximate surface area is 103 Å². The number of nitrogens with two attached hydrogens (primary N) is 1. The maximum absolute atomic E-state index is 14.0. The summed E-state index contributed by atoms with van der Waals surface area (Å²) in [7, 11) is 0. The van der Waals surface area contributed by atoms with Crippen LogP contribution in [0, 0.1) is 11.7 Å². The number of nitrogens with zero attached hydrogens (tertiary/aromatic N) is 1. The second-order valence-corrected chi connectivity index (χ2v) is 4.95. The average molecular weight is 236 g/mol. The molecule has 1 aromatic carbocycles. The van der Waals surface area contributed by atoms with Gasteiger partial charge in [-0.05, 0) is 44.2 Å². The van der Waals surface area contributed by atoms with E-state index in [1.807, 2.05) is 13.0 Å². The van der Waals surface area contributed by atoms with Gasteiger partial charge in [-0.2, -0.15) is 0 Å². The minimum Gasteiger partial charge on any atom is -0.369 e. The van der Waals surface area contributed by atoms with Crippen molar-refractivity contribution >= 4 is 5.69 Å². The van der Waals surface area contributed by atoms with Crippen LogP contribution in [-0.4, -0.2) is 13.1 Å². The van der Waals surface area contributed by atoms with Crippen LogP contribution in [0.3, 0.4) is 0 Å². The zero-order valence-corrected chi connectivity index (χ0v) is 10.6. The highest BCUT2D eigenvalue weighted by molar-refractivity contribution is 5.56. The smallest absolute Gasteiger partial charge is 0.146 e. The zero-order valence-electron chi connectivity index (χ0n) is 10.6. The highest BCUT2D eigenvalue weighted by Crippen LogP contribution is 2.34. The van der Waals surface area contributed by atoms with E-state index >= 15 is 0 Å². The summed E-state index contributed by atoms with van der Waals surface area (Å²) in [6.45, 7) is 5.76. The van der Waals surface area contributed by atoms with Gasteiger partial charge in [-0.15, -0.1) is 0 Å². The lowest BCUT2D eigenvalue weighted by atomic mass is 10.0. The minimum atomic E-state index is -0.151. The van der Waals surface area contributed by atoms with Crippen molar-refractivity contribution in [2.24, 2.45) is 11.7 Å². The van der Waals surface area contributed by atoms with E-state index < -0.39 is 0 Å². The first kappa shape index (κ1) is 12.4. The number of halogens is 1. The molecule has 0 aliphatic heterocycles. The van der Waals surface area contributed by atoms with Gasteiger partial charge in [0.1, 0.15) is 5.82 Å². The predicted molar refractivity (Wildman–Crippen MR) is 69.6 cm³/mol. The van der Waals surface area contributed by atoms with E-state index in [9.17, 15) is 4.39 Å². The maximum Gasteiger partial charge on any atom is 0.146 e. The topological polar surface area (TPSA) is 29.3 Å². The Morgan fingerprint density at radius 2 is 2.18 bits per heavy atom. The van der Waals surface area contributed by atoms with Crippen molar-refractivity contribution in [2.45, 2.75) is 32.7 Å². The Kier molecular flexibility index (Phi) is 3.67. The molecule has 1 aliphatic carbocycles. The second-order valence-electron chi connectivity index (χ2n) is 4.95. The van der Waals surface area contributed by atoms with Crippen LogP contribution >= 0.6 is 0 Å². The van der Waals surface area contributed by atoms with Crippen LogP contribution in [0.5, 0.6) is 0 Å². The second kappa shape index (κ2) is 5.05.